The lowest BCUT2D eigenvalue weighted by atomic mass is 10.2. The van der Waals surface area contributed by atoms with E-state index in [9.17, 15) is 37.8 Å². The smallest absolute Gasteiger partial charge is 0.395 e. The van der Waals surface area contributed by atoms with E-state index < -0.39 is 22.4 Å². The standard InChI is InChI=1S/C8H6F2N2O4.C7H2BrF2NO4/c1-11-4-2-6-7(3-5(4)12(13)14)16-8(9,10)15-6;8-3-1-5-6(2-4(3)11(12)13)15-7(9,10)14-5/h2-3,11H,1H3;1-2H. The van der Waals surface area contributed by atoms with Crippen molar-refractivity contribution < 1.29 is 46.4 Å². The van der Waals surface area contributed by atoms with Gasteiger partial charge >= 0.3 is 12.6 Å². The lowest BCUT2D eigenvalue weighted by molar-refractivity contribution is -0.385. The fourth-order valence-corrected chi connectivity index (χ4v) is 2.90. The zero-order valence-electron chi connectivity index (χ0n) is 14.9. The molecule has 0 unspecified atom stereocenters. The van der Waals surface area contributed by atoms with E-state index in [4.69, 9.17) is 0 Å². The number of rotatable bonds is 3. The predicted molar refractivity (Wildman–Crippen MR) is 95.8 cm³/mol. The third kappa shape index (κ3) is 4.62. The number of hydrogen-bond acceptors (Lipinski definition) is 9. The molecule has 16 heteroatoms. The third-order valence-corrected chi connectivity index (χ3v) is 4.29. The summed E-state index contributed by atoms with van der Waals surface area (Å²) in [5.74, 6) is -1.18. The number of ether oxygens (including phenoxy) is 4. The van der Waals surface area contributed by atoms with Crippen molar-refractivity contribution in [2.45, 2.75) is 12.6 Å². The highest BCUT2D eigenvalue weighted by atomic mass is 79.9. The highest BCUT2D eigenvalue weighted by Gasteiger charge is 2.45. The van der Waals surface area contributed by atoms with Crippen LogP contribution in [0.4, 0.5) is 34.6 Å². The average Bonchev–Trinajstić information content (AvgIpc) is 3.11. The van der Waals surface area contributed by atoms with E-state index in [0.29, 0.717) is 0 Å². The van der Waals surface area contributed by atoms with Gasteiger partial charge in [-0.2, -0.15) is 0 Å². The Kier molecular flexibility index (Phi) is 5.43. The van der Waals surface area contributed by atoms with Crippen molar-refractivity contribution in [1.82, 2.24) is 0 Å². The minimum Gasteiger partial charge on any atom is -0.395 e. The first-order valence-electron chi connectivity index (χ1n) is 7.81. The molecule has 1 N–H and O–H groups in total. The van der Waals surface area contributed by atoms with E-state index in [1.54, 1.807) is 0 Å². The number of nitrogens with zero attached hydrogens (tertiary/aromatic N) is 2. The summed E-state index contributed by atoms with van der Waals surface area (Å²) in [5.41, 5.74) is -0.650. The molecule has 0 spiro atoms. The first kappa shape index (κ1) is 22.1. The maximum atomic E-state index is 12.7. The molecule has 0 bridgehead atoms. The number of fused-ring (bicyclic) bond motifs is 2. The molecule has 4 rings (SSSR count). The van der Waals surface area contributed by atoms with Gasteiger partial charge in [0.2, 0.25) is 0 Å². The highest BCUT2D eigenvalue weighted by Crippen LogP contribution is 2.46. The van der Waals surface area contributed by atoms with Crippen molar-refractivity contribution in [3.63, 3.8) is 0 Å². The number of benzene rings is 2. The van der Waals surface area contributed by atoms with Gasteiger partial charge in [-0.25, -0.2) is 0 Å². The Morgan fingerprint density at radius 3 is 1.61 bits per heavy atom. The molecule has 0 aliphatic carbocycles. The minimum atomic E-state index is -3.78. The number of alkyl halides is 4. The maximum absolute atomic E-state index is 12.7. The highest BCUT2D eigenvalue weighted by molar-refractivity contribution is 9.10. The summed E-state index contributed by atoms with van der Waals surface area (Å²) in [6.07, 6.45) is -7.54. The van der Waals surface area contributed by atoms with Crippen molar-refractivity contribution in [3.05, 3.63) is 49.0 Å². The zero-order chi connectivity index (χ0) is 23.1. The van der Waals surface area contributed by atoms with Gasteiger partial charge in [-0.3, -0.25) is 20.2 Å². The van der Waals surface area contributed by atoms with Crippen LogP contribution in [-0.2, 0) is 0 Å². The van der Waals surface area contributed by atoms with E-state index in [-0.39, 0.29) is 44.5 Å². The number of nitro groups is 2. The number of halogens is 5. The Bertz CT molecular complexity index is 1080. The van der Waals surface area contributed by atoms with Crippen LogP contribution in [-0.4, -0.2) is 29.5 Å². The van der Waals surface area contributed by atoms with Crippen LogP contribution in [0.2, 0.25) is 0 Å². The Balaban J connectivity index is 0.000000176. The Morgan fingerprint density at radius 1 is 0.806 bits per heavy atom. The van der Waals surface area contributed by atoms with Crippen LogP contribution < -0.4 is 24.3 Å². The molecule has 0 amide bonds. The molecule has 0 saturated heterocycles. The molecule has 2 aliphatic heterocycles. The Morgan fingerprint density at radius 2 is 1.19 bits per heavy atom. The molecule has 0 fully saturated rings. The predicted octanol–water partition coefficient (Wildman–Crippen LogP) is 4.64. The normalized spacial score (nSPS) is 16.2. The molecular weight excluding hydrogens is 506 g/mol. The summed E-state index contributed by atoms with van der Waals surface area (Å²) in [6, 6.07) is 3.92. The van der Waals surface area contributed by atoms with Crippen LogP contribution in [0.5, 0.6) is 23.0 Å². The van der Waals surface area contributed by atoms with E-state index in [1.807, 2.05) is 0 Å². The van der Waals surface area contributed by atoms with Gasteiger partial charge < -0.3 is 24.3 Å². The van der Waals surface area contributed by atoms with E-state index in [0.717, 1.165) is 24.3 Å². The van der Waals surface area contributed by atoms with Gasteiger partial charge in [-0.05, 0) is 15.9 Å². The second-order valence-electron chi connectivity index (χ2n) is 5.67. The van der Waals surface area contributed by atoms with Gasteiger partial charge in [-0.1, -0.05) is 0 Å². The van der Waals surface area contributed by atoms with Crippen LogP contribution in [0.25, 0.3) is 0 Å². The van der Waals surface area contributed by atoms with Crippen LogP contribution >= 0.6 is 15.9 Å². The van der Waals surface area contributed by atoms with Gasteiger partial charge in [0.1, 0.15) is 5.69 Å². The molecule has 0 saturated carbocycles. The average molecular weight is 514 g/mol. The summed E-state index contributed by atoms with van der Waals surface area (Å²) in [7, 11) is 1.43. The second-order valence-corrected chi connectivity index (χ2v) is 6.52. The fourth-order valence-electron chi connectivity index (χ4n) is 2.44. The first-order valence-corrected chi connectivity index (χ1v) is 8.61. The molecule has 0 atom stereocenters. The van der Waals surface area contributed by atoms with E-state index in [2.05, 4.69) is 40.2 Å². The number of nitro benzene ring substituents is 2. The van der Waals surface area contributed by atoms with Gasteiger partial charge in [0.25, 0.3) is 11.4 Å². The molecule has 166 valence electrons. The fraction of sp³-hybridized carbons (Fsp3) is 0.200. The van der Waals surface area contributed by atoms with Gasteiger partial charge in [0.05, 0.1) is 26.5 Å². The molecular formula is C15H8BrF4N3O8. The lowest BCUT2D eigenvalue weighted by Crippen LogP contribution is -2.25. The summed E-state index contributed by atoms with van der Waals surface area (Å²) in [4.78, 5) is 19.7. The molecule has 2 heterocycles. The SMILES string of the molecule is CNc1cc2c(cc1[N+](=O)[O-])OC(F)(F)O2.O=[N+]([O-])c1cc2c(cc1Br)OC(F)(F)O2. The minimum absolute atomic E-state index is 0.0487. The number of hydrogen-bond donors (Lipinski definition) is 1. The molecule has 2 aromatic rings. The molecule has 11 nitrogen and oxygen atoms in total. The van der Waals surface area contributed by atoms with Crippen molar-refractivity contribution >= 4 is 33.0 Å². The molecule has 0 radical (unpaired) electrons. The third-order valence-electron chi connectivity index (χ3n) is 3.65. The van der Waals surface area contributed by atoms with Crippen molar-refractivity contribution in [3.8, 4) is 23.0 Å². The lowest BCUT2D eigenvalue weighted by Gasteiger charge is -2.04. The van der Waals surface area contributed by atoms with E-state index >= 15 is 0 Å². The molecule has 31 heavy (non-hydrogen) atoms. The largest absolute Gasteiger partial charge is 0.586 e. The molecule has 2 aromatic carbocycles. The zero-order valence-corrected chi connectivity index (χ0v) is 16.4. The van der Waals surface area contributed by atoms with Gasteiger partial charge in [0, 0.05) is 19.2 Å². The van der Waals surface area contributed by atoms with Crippen molar-refractivity contribution in [1.29, 1.82) is 0 Å². The van der Waals surface area contributed by atoms with Crippen LogP contribution in [0.15, 0.2) is 28.7 Å². The van der Waals surface area contributed by atoms with Gasteiger partial charge in [-0.15, -0.1) is 17.6 Å². The quantitative estimate of drug-likeness (QED) is 0.353. The molecule has 0 aromatic heterocycles. The second kappa shape index (κ2) is 7.60. The number of anilines is 1. The van der Waals surface area contributed by atoms with E-state index in [1.165, 1.54) is 7.05 Å². The first-order chi connectivity index (χ1) is 14.3. The summed E-state index contributed by atoms with van der Waals surface area (Å²) in [5, 5.41) is 23.6. The summed E-state index contributed by atoms with van der Waals surface area (Å²) in [6.45, 7) is 0. The Hall–Kier alpha value is -3.56. The number of nitrogens with one attached hydrogen (secondary N) is 1. The van der Waals surface area contributed by atoms with Crippen LogP contribution in [0.1, 0.15) is 0 Å². The summed E-state index contributed by atoms with van der Waals surface area (Å²) < 4.78 is 66.9. The van der Waals surface area contributed by atoms with Gasteiger partial charge in [0.15, 0.2) is 23.0 Å². The maximum Gasteiger partial charge on any atom is 0.586 e. The monoisotopic (exact) mass is 513 g/mol. The van der Waals surface area contributed by atoms with Crippen LogP contribution in [0, 0.1) is 20.2 Å². The molecule has 2 aliphatic rings. The topological polar surface area (TPSA) is 135 Å². The Labute approximate surface area is 176 Å². The van der Waals surface area contributed by atoms with Crippen LogP contribution in [0.3, 0.4) is 0 Å². The van der Waals surface area contributed by atoms with Crippen molar-refractivity contribution in [2.24, 2.45) is 0 Å². The summed E-state index contributed by atoms with van der Waals surface area (Å²) >= 11 is 2.87. The van der Waals surface area contributed by atoms with Crippen molar-refractivity contribution in [2.75, 3.05) is 12.4 Å².